The Labute approximate surface area is 156 Å². The molecule has 0 aliphatic carbocycles. The van der Waals surface area contributed by atoms with Gasteiger partial charge in [-0.2, -0.15) is 0 Å². The quantitative estimate of drug-likeness (QED) is 0.534. The first-order valence-corrected chi connectivity index (χ1v) is 7.86. The number of phenols is 3. The topological polar surface area (TPSA) is 63.9 Å². The van der Waals surface area contributed by atoms with E-state index in [1.54, 1.807) is 30.3 Å². The van der Waals surface area contributed by atoms with E-state index in [9.17, 15) is 19.7 Å². The van der Waals surface area contributed by atoms with E-state index in [2.05, 4.69) is 11.5 Å². The van der Waals surface area contributed by atoms with E-state index < -0.39 is 17.3 Å². The summed E-state index contributed by atoms with van der Waals surface area (Å²) >= 11 is 0. The van der Waals surface area contributed by atoms with Crippen LogP contribution in [0.5, 0.6) is 17.2 Å². The van der Waals surface area contributed by atoms with Crippen LogP contribution in [-0.4, -0.2) is 39.9 Å². The smallest absolute Gasteiger partial charge is 0.194 e. The number of hydrogen-bond acceptors (Lipinski definition) is 4. The number of phenolic OH excluding ortho intramolecular Hbond substituents is 3. The molecular formula is C19H21BrFNO3. The van der Waals surface area contributed by atoms with E-state index in [0.29, 0.717) is 37.2 Å². The lowest BCUT2D eigenvalue weighted by molar-refractivity contribution is 0.305. The van der Waals surface area contributed by atoms with Gasteiger partial charge in [0.05, 0.1) is 0 Å². The highest BCUT2D eigenvalue weighted by Gasteiger charge is 2.28. The summed E-state index contributed by atoms with van der Waals surface area (Å²) in [6.07, 6.45) is 2.24. The van der Waals surface area contributed by atoms with Crippen molar-refractivity contribution in [2.45, 2.75) is 12.3 Å². The molecule has 3 rings (SSSR count). The molecule has 0 saturated carbocycles. The molecule has 6 heteroatoms. The van der Waals surface area contributed by atoms with Crippen LogP contribution in [0.3, 0.4) is 0 Å². The molecule has 0 fully saturated rings. The third-order valence-electron chi connectivity index (χ3n) is 4.53. The van der Waals surface area contributed by atoms with Crippen LogP contribution in [0.1, 0.15) is 22.6 Å². The molecule has 1 atom stereocenters. The van der Waals surface area contributed by atoms with E-state index in [4.69, 9.17) is 0 Å². The van der Waals surface area contributed by atoms with Crippen LogP contribution < -0.4 is 0 Å². The van der Waals surface area contributed by atoms with Crippen molar-refractivity contribution >= 4 is 17.0 Å². The predicted molar refractivity (Wildman–Crippen MR) is 100 cm³/mol. The summed E-state index contributed by atoms with van der Waals surface area (Å²) in [5.74, 6) is -1.92. The summed E-state index contributed by atoms with van der Waals surface area (Å²) in [6, 6.07) is 8.22. The fraction of sp³-hybridized carbons (Fsp3) is 0.263. The fourth-order valence-electron chi connectivity index (χ4n) is 3.31. The highest BCUT2D eigenvalue weighted by Crippen LogP contribution is 2.40. The molecule has 0 amide bonds. The minimum Gasteiger partial charge on any atom is -0.508 e. The number of benzene rings is 2. The van der Waals surface area contributed by atoms with Crippen LogP contribution in [0, 0.1) is 5.82 Å². The average molecular weight is 410 g/mol. The second-order valence-electron chi connectivity index (χ2n) is 6.07. The summed E-state index contributed by atoms with van der Waals surface area (Å²) < 4.78 is 14.5. The molecule has 0 aromatic heterocycles. The molecule has 1 aliphatic heterocycles. The zero-order chi connectivity index (χ0) is 17.3. The van der Waals surface area contributed by atoms with E-state index in [0.717, 1.165) is 5.56 Å². The van der Waals surface area contributed by atoms with E-state index in [1.807, 2.05) is 0 Å². The molecule has 0 spiro atoms. The molecule has 2 aromatic rings. The van der Waals surface area contributed by atoms with Crippen molar-refractivity contribution in [3.05, 3.63) is 65.5 Å². The Kier molecular flexibility index (Phi) is 6.08. The van der Waals surface area contributed by atoms with Crippen LogP contribution in [-0.2, 0) is 6.42 Å². The maximum atomic E-state index is 14.5. The Balaban J connectivity index is 0.00000225. The number of fused-ring (bicyclic) bond motifs is 1. The van der Waals surface area contributed by atoms with Crippen molar-refractivity contribution < 1.29 is 19.7 Å². The van der Waals surface area contributed by atoms with E-state index in [1.165, 1.54) is 6.07 Å². The maximum Gasteiger partial charge on any atom is 0.194 e. The van der Waals surface area contributed by atoms with Crippen molar-refractivity contribution in [3.63, 3.8) is 0 Å². The van der Waals surface area contributed by atoms with Gasteiger partial charge in [0.15, 0.2) is 17.3 Å². The molecule has 0 radical (unpaired) electrons. The molecule has 1 heterocycles. The number of hydrogen-bond donors (Lipinski definition) is 3. The van der Waals surface area contributed by atoms with Gasteiger partial charge in [0.2, 0.25) is 0 Å². The van der Waals surface area contributed by atoms with Crippen LogP contribution >= 0.6 is 17.0 Å². The van der Waals surface area contributed by atoms with Crippen LogP contribution in [0.15, 0.2) is 43.0 Å². The Morgan fingerprint density at radius 1 is 1.20 bits per heavy atom. The summed E-state index contributed by atoms with van der Waals surface area (Å²) in [5.41, 5.74) is 2.00. The first-order chi connectivity index (χ1) is 11.5. The second-order valence-corrected chi connectivity index (χ2v) is 6.07. The minimum absolute atomic E-state index is 0. The Morgan fingerprint density at radius 3 is 2.52 bits per heavy atom. The third-order valence-corrected chi connectivity index (χ3v) is 4.53. The molecule has 2 aromatic carbocycles. The normalized spacial score (nSPS) is 17.2. The molecule has 3 N–H and O–H groups in total. The lowest BCUT2D eigenvalue weighted by Crippen LogP contribution is -2.28. The Morgan fingerprint density at radius 2 is 1.88 bits per heavy atom. The molecule has 0 saturated heterocycles. The van der Waals surface area contributed by atoms with E-state index in [-0.39, 0.29) is 28.6 Å². The highest BCUT2D eigenvalue weighted by atomic mass is 79.9. The molecular weight excluding hydrogens is 389 g/mol. The third kappa shape index (κ3) is 3.80. The molecule has 4 nitrogen and oxygen atoms in total. The van der Waals surface area contributed by atoms with Crippen molar-refractivity contribution in [3.8, 4) is 17.2 Å². The van der Waals surface area contributed by atoms with Gasteiger partial charge in [-0.1, -0.05) is 18.2 Å². The second kappa shape index (κ2) is 7.89. The molecule has 1 unspecified atom stereocenters. The van der Waals surface area contributed by atoms with Gasteiger partial charge in [0.1, 0.15) is 5.75 Å². The van der Waals surface area contributed by atoms with Gasteiger partial charge in [-0.3, -0.25) is 4.90 Å². The molecule has 1 aliphatic rings. The zero-order valence-electron chi connectivity index (χ0n) is 13.7. The first kappa shape index (κ1) is 19.3. The van der Waals surface area contributed by atoms with Gasteiger partial charge in [0, 0.05) is 25.6 Å². The van der Waals surface area contributed by atoms with Gasteiger partial charge < -0.3 is 15.3 Å². The summed E-state index contributed by atoms with van der Waals surface area (Å²) in [4.78, 5) is 2.15. The van der Waals surface area contributed by atoms with Crippen molar-refractivity contribution in [2.24, 2.45) is 0 Å². The number of rotatable bonds is 3. The van der Waals surface area contributed by atoms with Gasteiger partial charge in [-0.05, 0) is 41.3 Å². The number of halogens is 2. The molecule has 0 bridgehead atoms. The van der Waals surface area contributed by atoms with Crippen LogP contribution in [0.2, 0.25) is 0 Å². The monoisotopic (exact) mass is 409 g/mol. The first-order valence-electron chi connectivity index (χ1n) is 7.86. The average Bonchev–Trinajstić information content (AvgIpc) is 2.74. The predicted octanol–water partition coefficient (Wildman–Crippen LogP) is 3.70. The SMILES string of the molecule is Br.C=CCN1CCc2c(cc(O)c(O)c2F)C(c2ccc(O)cc2)C1. The summed E-state index contributed by atoms with van der Waals surface area (Å²) in [5, 5.41) is 29.1. The molecule has 25 heavy (non-hydrogen) atoms. The van der Waals surface area contributed by atoms with Gasteiger partial charge in [-0.25, -0.2) is 4.39 Å². The minimum atomic E-state index is -0.755. The Hall–Kier alpha value is -2.05. The maximum absolute atomic E-state index is 14.5. The lowest BCUT2D eigenvalue weighted by Gasteiger charge is -2.24. The van der Waals surface area contributed by atoms with Gasteiger partial charge >= 0.3 is 0 Å². The Bertz CT molecular complexity index is 764. The van der Waals surface area contributed by atoms with Crippen molar-refractivity contribution in [1.82, 2.24) is 4.90 Å². The summed E-state index contributed by atoms with van der Waals surface area (Å²) in [6.45, 7) is 5.70. The van der Waals surface area contributed by atoms with Gasteiger partial charge in [-0.15, -0.1) is 23.6 Å². The summed E-state index contributed by atoms with van der Waals surface area (Å²) in [7, 11) is 0. The van der Waals surface area contributed by atoms with E-state index >= 15 is 0 Å². The highest BCUT2D eigenvalue weighted by molar-refractivity contribution is 8.93. The van der Waals surface area contributed by atoms with Gasteiger partial charge in [0.25, 0.3) is 0 Å². The number of nitrogens with zero attached hydrogens (tertiary/aromatic N) is 1. The lowest BCUT2D eigenvalue weighted by atomic mass is 9.87. The standard InChI is InChI=1S/C19H20FNO3.BrH/c1-2-8-21-9-7-14-15(10-17(23)19(24)18(14)20)16(11-21)12-3-5-13(22)6-4-12;/h2-6,10,16,22-24H,1,7-9,11H2;1H. The molecule has 134 valence electrons. The van der Waals surface area contributed by atoms with Crippen LogP contribution in [0.25, 0.3) is 0 Å². The number of aromatic hydroxyl groups is 3. The fourth-order valence-corrected chi connectivity index (χ4v) is 3.31. The van der Waals surface area contributed by atoms with Crippen LogP contribution in [0.4, 0.5) is 4.39 Å². The van der Waals surface area contributed by atoms with Crippen molar-refractivity contribution in [2.75, 3.05) is 19.6 Å². The largest absolute Gasteiger partial charge is 0.508 e. The van der Waals surface area contributed by atoms with Crippen molar-refractivity contribution in [1.29, 1.82) is 0 Å². The zero-order valence-corrected chi connectivity index (χ0v) is 15.4.